The van der Waals surface area contributed by atoms with Crippen molar-refractivity contribution >= 4 is 94.6 Å². The number of likely N-dealkylation sites (tertiary alicyclic amines) is 1. The minimum atomic E-state index is -1.90. The van der Waals surface area contributed by atoms with E-state index in [1.165, 1.54) is 31.2 Å². The number of aliphatic carboxylic acids is 1. The van der Waals surface area contributed by atoms with E-state index in [2.05, 4.69) is 58.5 Å². The van der Waals surface area contributed by atoms with Gasteiger partial charge < -0.3 is 117 Å². The smallest absolute Gasteiger partial charge is 0.303 e. The summed E-state index contributed by atoms with van der Waals surface area (Å²) >= 11 is 0. The van der Waals surface area contributed by atoms with E-state index < -0.39 is 237 Å². The van der Waals surface area contributed by atoms with E-state index >= 15 is 0 Å². The molecule has 0 aliphatic carbocycles. The van der Waals surface area contributed by atoms with Crippen molar-refractivity contribution in [3.05, 3.63) is 29.8 Å². The van der Waals surface area contributed by atoms with Crippen molar-refractivity contribution in [1.29, 1.82) is 0 Å². The SMILES string of the molecule is CC[C@H](C)[C@H](NC(=O)[C@H](CCCCN)NC(=O)[C@H](CC(N)=O)NC(=O)[C@H](C)NC(C)=O)C(=O)N[C@@H](CO)C(=O)N[C@@H](Cc1ccc(O)cc1)C(=O)N[C@@H](CCC(N)=O)C(=O)N[C@@H](CO)C(=O)N1CCC[C@H]1C(=O)N[C@@H](CO)C(=O)N[C@H](C(=O)N[C@@H](CCC(=O)O)C(N)=O)[C@@H](C)O. The van der Waals surface area contributed by atoms with Crippen LogP contribution in [0.1, 0.15) is 111 Å². The number of hydrogen-bond donors (Lipinski definition) is 21. The van der Waals surface area contributed by atoms with Crippen LogP contribution in [0.25, 0.3) is 0 Å². The fraction of sp³-hybridized carbons (Fsp3) is 0.621. The van der Waals surface area contributed by atoms with Crippen molar-refractivity contribution in [3.8, 4) is 5.75 Å². The van der Waals surface area contributed by atoms with Gasteiger partial charge in [0.1, 0.15) is 78.3 Å². The van der Waals surface area contributed by atoms with Crippen LogP contribution in [0.15, 0.2) is 24.3 Å². The Labute approximate surface area is 551 Å². The van der Waals surface area contributed by atoms with Crippen molar-refractivity contribution in [1.82, 2.24) is 63.4 Å². The summed E-state index contributed by atoms with van der Waals surface area (Å²) in [6, 6.07) is -14.6. The van der Waals surface area contributed by atoms with E-state index in [9.17, 15) is 102 Å². The molecule has 38 nitrogen and oxygen atoms in total. The van der Waals surface area contributed by atoms with Gasteiger partial charge in [0.05, 0.1) is 32.3 Å². The summed E-state index contributed by atoms with van der Waals surface area (Å²) in [5, 5.41) is 86.1. The van der Waals surface area contributed by atoms with Gasteiger partial charge in [0.15, 0.2) is 0 Å². The lowest BCUT2D eigenvalue weighted by atomic mass is 9.97. The van der Waals surface area contributed by atoms with Gasteiger partial charge in [-0.2, -0.15) is 0 Å². The Kier molecular flexibility index (Phi) is 35.4. The highest BCUT2D eigenvalue weighted by Crippen LogP contribution is 2.20. The molecule has 536 valence electrons. The van der Waals surface area contributed by atoms with Crippen molar-refractivity contribution in [2.24, 2.45) is 28.9 Å². The molecule has 0 spiro atoms. The molecule has 0 saturated carbocycles. The summed E-state index contributed by atoms with van der Waals surface area (Å²) in [5.41, 5.74) is 22.0. The fourth-order valence-electron chi connectivity index (χ4n) is 9.60. The zero-order valence-electron chi connectivity index (χ0n) is 53.9. The number of rotatable bonds is 43. The Hall–Kier alpha value is -9.66. The predicted octanol–water partition coefficient (Wildman–Crippen LogP) is -9.68. The number of unbranched alkanes of at least 4 members (excludes halogenated alkanes) is 1. The molecule has 96 heavy (non-hydrogen) atoms. The molecule has 1 fully saturated rings. The second kappa shape index (κ2) is 41.2. The first kappa shape index (κ1) is 82.4. The highest BCUT2D eigenvalue weighted by atomic mass is 16.4. The van der Waals surface area contributed by atoms with Gasteiger partial charge in [-0.3, -0.25) is 76.7 Å². The molecule has 1 aromatic carbocycles. The van der Waals surface area contributed by atoms with Crippen LogP contribution >= 0.6 is 0 Å². The van der Waals surface area contributed by atoms with Gasteiger partial charge in [0, 0.05) is 32.7 Å². The lowest BCUT2D eigenvalue weighted by Gasteiger charge is -2.30. The summed E-state index contributed by atoms with van der Waals surface area (Å²) in [6.45, 7) is 3.29. The van der Waals surface area contributed by atoms with Gasteiger partial charge in [-0.1, -0.05) is 32.4 Å². The maximum atomic E-state index is 14.4. The summed E-state index contributed by atoms with van der Waals surface area (Å²) in [5.74, 6) is -18.1. The molecular formula is C58H92N16O22. The molecule has 1 heterocycles. The number of nitrogens with two attached hydrogens (primary N) is 4. The molecular weight excluding hydrogens is 1270 g/mol. The Morgan fingerprint density at radius 3 is 1.54 bits per heavy atom. The van der Waals surface area contributed by atoms with E-state index in [0.29, 0.717) is 6.42 Å². The summed E-state index contributed by atoms with van der Waals surface area (Å²) < 4.78 is 0. The van der Waals surface area contributed by atoms with Gasteiger partial charge in [-0.05, 0) is 89.0 Å². The van der Waals surface area contributed by atoms with Gasteiger partial charge in [-0.15, -0.1) is 0 Å². The number of carboxylic acid groups (broad SMARTS) is 1. The third kappa shape index (κ3) is 27.7. The largest absolute Gasteiger partial charge is 0.508 e. The van der Waals surface area contributed by atoms with Gasteiger partial charge in [0.25, 0.3) is 0 Å². The molecule has 0 aromatic heterocycles. The van der Waals surface area contributed by atoms with E-state index in [1.807, 2.05) is 0 Å². The van der Waals surface area contributed by atoms with Crippen molar-refractivity contribution in [2.75, 3.05) is 32.9 Å². The molecule has 2 rings (SSSR count). The van der Waals surface area contributed by atoms with Crippen LogP contribution in [0.3, 0.4) is 0 Å². The van der Waals surface area contributed by atoms with E-state index in [1.54, 1.807) is 13.8 Å². The van der Waals surface area contributed by atoms with Crippen molar-refractivity contribution < 1.29 is 107 Å². The van der Waals surface area contributed by atoms with Gasteiger partial charge in [-0.25, -0.2) is 0 Å². The first-order valence-corrected chi connectivity index (χ1v) is 30.8. The molecule has 0 radical (unpaired) electrons. The molecule has 1 saturated heterocycles. The van der Waals surface area contributed by atoms with E-state index in [-0.39, 0.29) is 56.5 Å². The summed E-state index contributed by atoms with van der Waals surface area (Å²) in [6.07, 6.45) is -4.31. The third-order valence-electron chi connectivity index (χ3n) is 15.2. The number of phenols is 1. The van der Waals surface area contributed by atoms with E-state index in [4.69, 9.17) is 28.0 Å². The van der Waals surface area contributed by atoms with Crippen LogP contribution in [-0.4, -0.2) is 242 Å². The molecule has 38 heteroatoms. The normalized spacial score (nSPS) is 16.7. The van der Waals surface area contributed by atoms with Crippen LogP contribution in [0.4, 0.5) is 0 Å². The van der Waals surface area contributed by atoms with Crippen LogP contribution in [-0.2, 0) is 83.1 Å². The predicted molar refractivity (Wildman–Crippen MR) is 333 cm³/mol. The molecule has 1 aromatic rings. The molecule has 1 aliphatic rings. The molecule has 0 bridgehead atoms. The number of amides is 15. The Bertz CT molecular complexity index is 2920. The van der Waals surface area contributed by atoms with Gasteiger partial charge >= 0.3 is 5.97 Å². The number of aliphatic hydroxyl groups is 4. The van der Waals surface area contributed by atoms with Crippen LogP contribution in [0.5, 0.6) is 5.75 Å². The number of hydrogen-bond acceptors (Lipinski definition) is 22. The number of aliphatic hydroxyl groups excluding tert-OH is 4. The van der Waals surface area contributed by atoms with Gasteiger partial charge in [0.2, 0.25) is 88.6 Å². The second-order valence-electron chi connectivity index (χ2n) is 22.9. The highest BCUT2D eigenvalue weighted by Gasteiger charge is 2.42. The molecule has 14 atom stereocenters. The third-order valence-corrected chi connectivity index (χ3v) is 15.2. The number of nitrogens with one attached hydrogen (secondary N) is 11. The zero-order valence-corrected chi connectivity index (χ0v) is 53.9. The lowest BCUT2D eigenvalue weighted by molar-refractivity contribution is -0.143. The topological polar surface area (TPSA) is 634 Å². The fourth-order valence-corrected chi connectivity index (χ4v) is 9.60. The quantitative estimate of drug-likeness (QED) is 0.0270. The first-order chi connectivity index (χ1) is 45.1. The summed E-state index contributed by atoms with van der Waals surface area (Å²) in [4.78, 5) is 211. The Morgan fingerprint density at radius 1 is 0.542 bits per heavy atom. The minimum Gasteiger partial charge on any atom is -0.508 e. The maximum Gasteiger partial charge on any atom is 0.303 e. The standard InChI is InChI=1S/C58H92N16O22/c1-6-27(2)45(72-50(88)34(10-7-8-20-59)65-52(90)37(23-43(61)82)67-48(86)28(3)63-30(5)79)56(94)70-38(24-75)53(91)68-36(22-31-12-14-32(80)15-13-31)51(89)66-35(16-18-42(60)81)49(87)71-40(26-77)58(96)74-21-9-11-41(74)55(93)69-39(25-76)54(92)73-46(29(4)78)57(95)64-33(47(62)85)17-19-44(83)84/h12-15,27-29,33-41,45-46,75-78,80H,6-11,16-26,59H2,1-5H3,(H2,60,81)(H2,61,82)(H2,62,85)(H,63,79)(H,64,95)(H,65,90)(H,66,89)(H,67,86)(H,68,91)(H,69,93)(H,70,94)(H,71,87)(H,72,88)(H,73,92)(H,83,84)/t27-,28-,29+,33-,34-,35-,36-,37-,38-,39-,40-,41-,45-,46-/m0/s1. The van der Waals surface area contributed by atoms with Crippen LogP contribution in [0.2, 0.25) is 0 Å². The van der Waals surface area contributed by atoms with Crippen molar-refractivity contribution in [2.45, 2.75) is 190 Å². The minimum absolute atomic E-state index is 0.0812. The molecule has 1 aliphatic heterocycles. The van der Waals surface area contributed by atoms with Crippen molar-refractivity contribution in [3.63, 3.8) is 0 Å². The number of nitrogens with zero attached hydrogens (tertiary/aromatic N) is 1. The number of primary amides is 3. The number of phenolic OH excluding ortho intramolecular Hbond substituents is 1. The van der Waals surface area contributed by atoms with Crippen LogP contribution < -0.4 is 81.4 Å². The number of aromatic hydroxyl groups is 1. The average Bonchev–Trinajstić information content (AvgIpc) is 1.54. The zero-order chi connectivity index (χ0) is 72.7. The summed E-state index contributed by atoms with van der Waals surface area (Å²) in [7, 11) is 0. The first-order valence-electron chi connectivity index (χ1n) is 30.8. The number of carbonyl (C=O) groups is 16. The molecule has 0 unspecified atom stereocenters. The monoisotopic (exact) mass is 1360 g/mol. The second-order valence-corrected chi connectivity index (χ2v) is 22.9. The molecule has 25 N–H and O–H groups in total. The Morgan fingerprint density at radius 2 is 1.01 bits per heavy atom. The van der Waals surface area contributed by atoms with E-state index in [0.717, 1.165) is 18.7 Å². The van der Waals surface area contributed by atoms with Crippen LogP contribution in [0, 0.1) is 5.92 Å². The number of carboxylic acids is 1. The number of carbonyl (C=O) groups excluding carboxylic acids is 15. The molecule has 15 amide bonds. The number of benzene rings is 1. The Balaban J connectivity index is 2.43. The highest BCUT2D eigenvalue weighted by molar-refractivity contribution is 6.00. The average molecular weight is 1370 g/mol. The maximum absolute atomic E-state index is 14.4. The lowest BCUT2D eigenvalue weighted by Crippen LogP contribution is -2.62.